The van der Waals surface area contributed by atoms with Gasteiger partial charge in [0.25, 0.3) is 0 Å². The lowest BCUT2D eigenvalue weighted by molar-refractivity contribution is 0.566. The SMILES string of the molecule is CC(C)(C)c1cccc(C(C)(C)C)c1P(O)c1c(C(C)(C)C)cccc1C(C)(C)C.c1cc2ccc1-2. The van der Waals surface area contributed by atoms with Crippen molar-refractivity contribution < 1.29 is 4.89 Å². The molecule has 2 aliphatic rings. The molecule has 2 aliphatic carbocycles. The molecule has 2 aromatic carbocycles. The number of hydrogen-bond acceptors (Lipinski definition) is 1. The van der Waals surface area contributed by atoms with Crippen LogP contribution in [0, 0.1) is 0 Å². The molecule has 0 heterocycles. The molecule has 0 atom stereocenters. The van der Waals surface area contributed by atoms with Gasteiger partial charge in [0.05, 0.1) is 8.15 Å². The number of benzene rings is 3. The molecule has 1 N–H and O–H groups in total. The van der Waals surface area contributed by atoms with E-state index in [0.717, 1.165) is 10.6 Å². The monoisotopic (exact) mass is 502 g/mol. The third kappa shape index (κ3) is 5.95. The van der Waals surface area contributed by atoms with Gasteiger partial charge >= 0.3 is 0 Å². The molecule has 194 valence electrons. The van der Waals surface area contributed by atoms with Gasteiger partial charge in [-0.1, -0.05) is 144 Å². The van der Waals surface area contributed by atoms with Gasteiger partial charge in [0, 0.05) is 10.6 Å². The van der Waals surface area contributed by atoms with E-state index in [-0.39, 0.29) is 21.7 Å². The molecule has 0 aliphatic heterocycles. The average Bonchev–Trinajstić information content (AvgIpc) is 2.72. The Hall–Kier alpha value is -1.95. The Balaban J connectivity index is 0.000000513. The quantitative estimate of drug-likeness (QED) is 0.271. The Morgan fingerprint density at radius 2 is 0.639 bits per heavy atom. The highest BCUT2D eigenvalue weighted by Crippen LogP contribution is 2.44. The van der Waals surface area contributed by atoms with Crippen LogP contribution in [0.3, 0.4) is 0 Å². The van der Waals surface area contributed by atoms with Crippen molar-refractivity contribution in [2.75, 3.05) is 0 Å². The van der Waals surface area contributed by atoms with Crippen LogP contribution in [0.1, 0.15) is 105 Å². The van der Waals surface area contributed by atoms with E-state index >= 15 is 0 Å². The average molecular weight is 503 g/mol. The molecule has 1 nitrogen and oxygen atoms in total. The van der Waals surface area contributed by atoms with Crippen molar-refractivity contribution in [3.8, 4) is 11.1 Å². The van der Waals surface area contributed by atoms with Gasteiger partial charge in [-0.25, -0.2) is 0 Å². The van der Waals surface area contributed by atoms with Crippen LogP contribution in [-0.2, 0) is 21.7 Å². The summed E-state index contributed by atoms with van der Waals surface area (Å²) in [6.45, 7) is 27.0. The molecule has 0 saturated carbocycles. The zero-order valence-corrected chi connectivity index (χ0v) is 25.6. The molecule has 36 heavy (non-hydrogen) atoms. The van der Waals surface area contributed by atoms with Crippen LogP contribution < -0.4 is 10.6 Å². The van der Waals surface area contributed by atoms with Crippen LogP contribution in [0.25, 0.3) is 11.1 Å². The number of rotatable bonds is 2. The van der Waals surface area contributed by atoms with Gasteiger partial charge in [-0.2, -0.15) is 0 Å². The molecule has 0 fully saturated rings. The van der Waals surface area contributed by atoms with E-state index in [0.29, 0.717) is 0 Å². The van der Waals surface area contributed by atoms with Gasteiger partial charge in [-0.15, -0.1) is 0 Å². The summed E-state index contributed by atoms with van der Waals surface area (Å²) in [6.07, 6.45) is 0. The summed E-state index contributed by atoms with van der Waals surface area (Å²) >= 11 is 0. The molecule has 0 bridgehead atoms. The maximum absolute atomic E-state index is 12.2. The van der Waals surface area contributed by atoms with E-state index in [1.54, 1.807) is 0 Å². The summed E-state index contributed by atoms with van der Waals surface area (Å²) < 4.78 is 0. The van der Waals surface area contributed by atoms with Crippen LogP contribution >= 0.6 is 8.15 Å². The Morgan fingerprint density at radius 1 is 0.417 bits per heavy atom. The number of hydrogen-bond donors (Lipinski definition) is 1. The fraction of sp³-hybridized carbons (Fsp3) is 0.471. The molecule has 4 rings (SSSR count). The molecule has 0 unspecified atom stereocenters. The first-order valence-electron chi connectivity index (χ1n) is 13.2. The minimum Gasteiger partial charge on any atom is -0.364 e. The van der Waals surface area contributed by atoms with Gasteiger partial charge in [0.2, 0.25) is 0 Å². The molecular formula is C34H47OP. The molecule has 0 amide bonds. The van der Waals surface area contributed by atoms with Crippen molar-refractivity contribution in [1.29, 1.82) is 0 Å². The fourth-order valence-corrected chi connectivity index (χ4v) is 7.51. The molecule has 2 heteroatoms. The maximum Gasteiger partial charge on any atom is 0.0889 e. The predicted molar refractivity (Wildman–Crippen MR) is 162 cm³/mol. The first-order valence-corrected chi connectivity index (χ1v) is 14.5. The lowest BCUT2D eigenvalue weighted by atomic mass is 9.80. The van der Waals surface area contributed by atoms with Crippen LogP contribution in [0.2, 0.25) is 0 Å². The third-order valence-corrected chi connectivity index (χ3v) is 8.76. The largest absolute Gasteiger partial charge is 0.364 e. The lowest BCUT2D eigenvalue weighted by Crippen LogP contribution is -2.36. The third-order valence-electron chi connectivity index (χ3n) is 6.95. The highest BCUT2D eigenvalue weighted by Gasteiger charge is 2.35. The Bertz CT molecular complexity index is 1050. The van der Waals surface area contributed by atoms with E-state index in [9.17, 15) is 4.89 Å². The fourth-order valence-electron chi connectivity index (χ4n) is 4.74. The highest BCUT2D eigenvalue weighted by atomic mass is 31.1. The topological polar surface area (TPSA) is 20.2 Å². The minimum absolute atomic E-state index is 0.0432. The van der Waals surface area contributed by atoms with E-state index < -0.39 is 8.15 Å². The van der Waals surface area contributed by atoms with E-state index in [1.807, 2.05) is 0 Å². The molecule has 0 aromatic heterocycles. The van der Waals surface area contributed by atoms with Crippen molar-refractivity contribution >= 4 is 18.8 Å². The Kier molecular flexibility index (Phi) is 7.74. The Morgan fingerprint density at radius 3 is 0.778 bits per heavy atom. The van der Waals surface area contributed by atoms with Gasteiger partial charge in [0.15, 0.2) is 0 Å². The molecule has 0 spiro atoms. The van der Waals surface area contributed by atoms with Crippen molar-refractivity contribution in [1.82, 2.24) is 0 Å². The first-order chi connectivity index (χ1) is 16.3. The maximum atomic E-state index is 12.2. The second-order valence-electron chi connectivity index (χ2n) is 14.3. The Labute approximate surface area is 222 Å². The normalized spacial score (nSPS) is 13.4. The van der Waals surface area contributed by atoms with Crippen LogP contribution in [0.5, 0.6) is 0 Å². The lowest BCUT2D eigenvalue weighted by Gasteiger charge is -2.36. The predicted octanol–water partition coefficient (Wildman–Crippen LogP) is 8.88. The van der Waals surface area contributed by atoms with Gasteiger partial charge in [-0.05, 0) is 55.0 Å². The van der Waals surface area contributed by atoms with Crippen molar-refractivity contribution in [3.05, 3.63) is 82.9 Å². The summed E-state index contributed by atoms with van der Waals surface area (Å²) in [7, 11) is -1.51. The van der Waals surface area contributed by atoms with E-state index in [1.165, 1.54) is 33.4 Å². The van der Waals surface area contributed by atoms with Gasteiger partial charge in [-0.3, -0.25) is 0 Å². The zero-order chi connectivity index (χ0) is 27.3. The van der Waals surface area contributed by atoms with Gasteiger partial charge < -0.3 is 4.89 Å². The van der Waals surface area contributed by atoms with Crippen molar-refractivity contribution in [2.45, 2.75) is 105 Å². The number of fused-ring (bicyclic) bond motifs is 1. The second-order valence-corrected chi connectivity index (χ2v) is 15.8. The van der Waals surface area contributed by atoms with Crippen LogP contribution in [0.4, 0.5) is 0 Å². The van der Waals surface area contributed by atoms with Crippen LogP contribution in [0.15, 0.2) is 60.7 Å². The molecule has 0 saturated heterocycles. The summed E-state index contributed by atoms with van der Waals surface area (Å²) in [5.74, 6) is 0. The van der Waals surface area contributed by atoms with Gasteiger partial charge in [0.1, 0.15) is 0 Å². The molecular weight excluding hydrogens is 455 g/mol. The van der Waals surface area contributed by atoms with E-state index in [4.69, 9.17) is 0 Å². The molecule has 2 aromatic rings. The van der Waals surface area contributed by atoms with Crippen molar-refractivity contribution in [3.63, 3.8) is 0 Å². The van der Waals surface area contributed by atoms with E-state index in [2.05, 4.69) is 144 Å². The molecule has 0 radical (unpaired) electrons. The summed E-state index contributed by atoms with van der Waals surface area (Å²) in [5, 5.41) is 2.30. The summed E-state index contributed by atoms with van der Waals surface area (Å²) in [6, 6.07) is 21.7. The zero-order valence-electron chi connectivity index (χ0n) is 24.7. The highest BCUT2D eigenvalue weighted by molar-refractivity contribution is 7.68. The smallest absolute Gasteiger partial charge is 0.0889 e. The first kappa shape index (κ1) is 28.6. The standard InChI is InChI=1S/C28H43OP.C6H4/c1-25(2,3)19-15-13-16-20(26(4,5)6)23(19)30(29)24-21(27(7,8)9)17-14-18-22(24)28(10,11)12;1-2-6-4-3-5(1)6/h13-18,29H,1-12H3;1-4H. The summed E-state index contributed by atoms with van der Waals surface area (Å²) in [4.78, 5) is 12.2. The summed E-state index contributed by atoms with van der Waals surface area (Å²) in [5.41, 5.74) is 7.71. The van der Waals surface area contributed by atoms with Crippen LogP contribution in [-0.4, -0.2) is 4.89 Å². The van der Waals surface area contributed by atoms with Crippen molar-refractivity contribution in [2.24, 2.45) is 0 Å². The minimum atomic E-state index is -1.51. The second kappa shape index (κ2) is 9.74.